The monoisotopic (exact) mass is 377 g/mol. The van der Waals surface area contributed by atoms with Crippen molar-refractivity contribution in [3.63, 3.8) is 0 Å². The number of benzene rings is 2. The standard InChI is InChI=1S/C23H27N3S/c1-15-8-9-21-19(14-15)17(3)22(24-21)18-10-12-26(13-11-18)23(27)25-20-7-5-4-6-16(20)2/h4-9,14,18,24H,10-13H2,1-3H3,(H,25,27). The maximum Gasteiger partial charge on any atom is 0.173 e. The van der Waals surface area contributed by atoms with Crippen LogP contribution < -0.4 is 5.32 Å². The number of nitrogens with one attached hydrogen (secondary N) is 2. The van der Waals surface area contributed by atoms with Crippen molar-refractivity contribution in [2.24, 2.45) is 0 Å². The number of anilines is 1. The maximum atomic E-state index is 5.67. The predicted octanol–water partition coefficient (Wildman–Crippen LogP) is 5.67. The molecule has 0 radical (unpaired) electrons. The zero-order valence-electron chi connectivity index (χ0n) is 16.3. The first kappa shape index (κ1) is 18.1. The third-order valence-electron chi connectivity index (χ3n) is 5.83. The highest BCUT2D eigenvalue weighted by Gasteiger charge is 2.25. The lowest BCUT2D eigenvalue weighted by atomic mass is 9.91. The van der Waals surface area contributed by atoms with Gasteiger partial charge < -0.3 is 15.2 Å². The number of piperidine rings is 1. The Morgan fingerprint density at radius 3 is 2.56 bits per heavy atom. The first-order chi connectivity index (χ1) is 13.0. The van der Waals surface area contributed by atoms with Crippen LogP contribution in [0.25, 0.3) is 10.9 Å². The summed E-state index contributed by atoms with van der Waals surface area (Å²) in [6.45, 7) is 8.51. The highest BCUT2D eigenvalue weighted by Crippen LogP contribution is 2.34. The van der Waals surface area contributed by atoms with Gasteiger partial charge in [0.1, 0.15) is 0 Å². The molecule has 4 heteroatoms. The highest BCUT2D eigenvalue weighted by molar-refractivity contribution is 7.80. The molecule has 0 atom stereocenters. The number of hydrogen-bond acceptors (Lipinski definition) is 1. The minimum atomic E-state index is 0.579. The number of para-hydroxylation sites is 1. The van der Waals surface area contributed by atoms with E-state index in [1.165, 1.54) is 33.3 Å². The predicted molar refractivity (Wildman–Crippen MR) is 119 cm³/mol. The first-order valence-corrected chi connectivity index (χ1v) is 10.1. The molecule has 2 heterocycles. The van der Waals surface area contributed by atoms with Crippen LogP contribution in [0, 0.1) is 20.8 Å². The van der Waals surface area contributed by atoms with E-state index in [-0.39, 0.29) is 0 Å². The average Bonchev–Trinajstić information content (AvgIpc) is 3.00. The summed E-state index contributed by atoms with van der Waals surface area (Å²) in [7, 11) is 0. The largest absolute Gasteiger partial charge is 0.358 e. The number of H-pyrrole nitrogens is 1. The number of aromatic amines is 1. The van der Waals surface area contributed by atoms with Crippen LogP contribution in [0.1, 0.15) is 41.1 Å². The number of fused-ring (bicyclic) bond motifs is 1. The molecule has 0 spiro atoms. The SMILES string of the molecule is Cc1ccc2[nH]c(C3CCN(C(=S)Nc4ccccc4C)CC3)c(C)c2c1. The second-order valence-electron chi connectivity index (χ2n) is 7.72. The summed E-state index contributed by atoms with van der Waals surface area (Å²) in [4.78, 5) is 5.99. The molecule has 3 aromatic rings. The molecule has 1 saturated heterocycles. The molecule has 4 rings (SSSR count). The van der Waals surface area contributed by atoms with Crippen molar-refractivity contribution < 1.29 is 0 Å². The number of aryl methyl sites for hydroxylation is 3. The molecule has 140 valence electrons. The maximum absolute atomic E-state index is 5.67. The van der Waals surface area contributed by atoms with Crippen molar-refractivity contribution in [1.82, 2.24) is 9.88 Å². The zero-order chi connectivity index (χ0) is 19.0. The topological polar surface area (TPSA) is 31.1 Å². The Hall–Kier alpha value is -2.33. The van der Waals surface area contributed by atoms with Gasteiger partial charge in [-0.2, -0.15) is 0 Å². The van der Waals surface area contributed by atoms with Crippen LogP contribution >= 0.6 is 12.2 Å². The number of aromatic nitrogens is 1. The normalized spacial score (nSPS) is 15.3. The first-order valence-electron chi connectivity index (χ1n) is 9.73. The molecule has 1 aliphatic heterocycles. The highest BCUT2D eigenvalue weighted by atomic mass is 32.1. The van der Waals surface area contributed by atoms with Gasteiger partial charge >= 0.3 is 0 Å². The van der Waals surface area contributed by atoms with Crippen LogP contribution in [-0.2, 0) is 0 Å². The molecule has 0 amide bonds. The molecule has 0 unspecified atom stereocenters. The van der Waals surface area contributed by atoms with Crippen LogP contribution in [0.3, 0.4) is 0 Å². The average molecular weight is 378 g/mol. The van der Waals surface area contributed by atoms with Gasteiger partial charge in [-0.15, -0.1) is 0 Å². The lowest BCUT2D eigenvalue weighted by Gasteiger charge is -2.34. The third-order valence-corrected chi connectivity index (χ3v) is 6.19. The van der Waals surface area contributed by atoms with Crippen molar-refractivity contribution in [1.29, 1.82) is 0 Å². The van der Waals surface area contributed by atoms with E-state index < -0.39 is 0 Å². The number of likely N-dealkylation sites (tertiary alicyclic amines) is 1. The fourth-order valence-electron chi connectivity index (χ4n) is 4.15. The summed E-state index contributed by atoms with van der Waals surface area (Å²) in [5.74, 6) is 0.579. The fourth-order valence-corrected chi connectivity index (χ4v) is 4.44. The minimum Gasteiger partial charge on any atom is -0.358 e. The Balaban J connectivity index is 1.44. The molecule has 27 heavy (non-hydrogen) atoms. The Morgan fingerprint density at radius 2 is 1.81 bits per heavy atom. The molecule has 0 bridgehead atoms. The van der Waals surface area contributed by atoms with E-state index in [2.05, 4.69) is 72.4 Å². The quantitative estimate of drug-likeness (QED) is 0.564. The van der Waals surface area contributed by atoms with Gasteiger partial charge in [0, 0.05) is 41.3 Å². The lowest BCUT2D eigenvalue weighted by molar-refractivity contribution is 0.314. The van der Waals surface area contributed by atoms with E-state index in [1.807, 2.05) is 6.07 Å². The molecule has 0 saturated carbocycles. The molecular formula is C23H27N3S. The van der Waals surface area contributed by atoms with Crippen molar-refractivity contribution in [3.8, 4) is 0 Å². The van der Waals surface area contributed by atoms with Crippen molar-refractivity contribution >= 4 is 33.9 Å². The molecule has 0 aliphatic carbocycles. The Bertz CT molecular complexity index is 980. The van der Waals surface area contributed by atoms with Crippen molar-refractivity contribution in [3.05, 3.63) is 64.8 Å². The number of thiocarbonyl (C=S) groups is 1. The summed E-state index contributed by atoms with van der Waals surface area (Å²) in [5, 5.41) is 5.63. The van der Waals surface area contributed by atoms with Crippen molar-refractivity contribution in [2.75, 3.05) is 18.4 Å². The van der Waals surface area contributed by atoms with Crippen LogP contribution in [-0.4, -0.2) is 28.1 Å². The Morgan fingerprint density at radius 1 is 1.07 bits per heavy atom. The van der Waals surface area contributed by atoms with Crippen LogP contribution in [0.2, 0.25) is 0 Å². The summed E-state index contributed by atoms with van der Waals surface area (Å²) in [5.41, 5.74) is 7.72. The van der Waals surface area contributed by atoms with Crippen LogP contribution in [0.15, 0.2) is 42.5 Å². The molecular weight excluding hydrogens is 350 g/mol. The van der Waals surface area contributed by atoms with Gasteiger partial charge in [0.2, 0.25) is 0 Å². The Kier molecular flexibility index (Phi) is 4.92. The number of nitrogens with zero attached hydrogens (tertiary/aromatic N) is 1. The second kappa shape index (κ2) is 7.35. The van der Waals surface area contributed by atoms with E-state index in [0.717, 1.165) is 36.7 Å². The van der Waals surface area contributed by atoms with Gasteiger partial charge in [0.25, 0.3) is 0 Å². The minimum absolute atomic E-state index is 0.579. The molecule has 2 N–H and O–H groups in total. The third kappa shape index (κ3) is 3.59. The Labute approximate surface area is 166 Å². The van der Waals surface area contributed by atoms with Gasteiger partial charge in [0.15, 0.2) is 5.11 Å². The fraction of sp³-hybridized carbons (Fsp3) is 0.348. The van der Waals surface area contributed by atoms with Gasteiger partial charge in [-0.25, -0.2) is 0 Å². The van der Waals surface area contributed by atoms with Gasteiger partial charge in [-0.1, -0.05) is 29.8 Å². The van der Waals surface area contributed by atoms with E-state index in [4.69, 9.17) is 12.2 Å². The molecule has 1 aromatic heterocycles. The van der Waals surface area contributed by atoms with Gasteiger partial charge in [0.05, 0.1) is 0 Å². The van der Waals surface area contributed by atoms with Crippen LogP contribution in [0.4, 0.5) is 5.69 Å². The zero-order valence-corrected chi connectivity index (χ0v) is 17.1. The van der Waals surface area contributed by atoms with Crippen LogP contribution in [0.5, 0.6) is 0 Å². The molecule has 3 nitrogen and oxygen atoms in total. The lowest BCUT2D eigenvalue weighted by Crippen LogP contribution is -2.40. The van der Waals surface area contributed by atoms with Crippen molar-refractivity contribution in [2.45, 2.75) is 39.5 Å². The summed E-state index contributed by atoms with van der Waals surface area (Å²) in [6.07, 6.45) is 2.25. The van der Waals surface area contributed by atoms with E-state index >= 15 is 0 Å². The smallest absolute Gasteiger partial charge is 0.173 e. The second-order valence-corrected chi connectivity index (χ2v) is 8.11. The molecule has 1 fully saturated rings. The summed E-state index contributed by atoms with van der Waals surface area (Å²) >= 11 is 5.67. The van der Waals surface area contributed by atoms with Gasteiger partial charge in [-0.3, -0.25) is 0 Å². The molecule has 1 aliphatic rings. The van der Waals surface area contributed by atoms with E-state index in [0.29, 0.717) is 5.92 Å². The van der Waals surface area contributed by atoms with E-state index in [9.17, 15) is 0 Å². The summed E-state index contributed by atoms with van der Waals surface area (Å²) in [6, 6.07) is 15.0. The number of rotatable bonds is 2. The number of hydrogen-bond donors (Lipinski definition) is 2. The van der Waals surface area contributed by atoms with Gasteiger partial charge in [-0.05, 0) is 75.2 Å². The molecule has 2 aromatic carbocycles. The summed E-state index contributed by atoms with van der Waals surface area (Å²) < 4.78 is 0. The van der Waals surface area contributed by atoms with E-state index in [1.54, 1.807) is 0 Å².